The molecule has 29 heavy (non-hydrogen) atoms. The highest BCUT2D eigenvalue weighted by molar-refractivity contribution is 6.13. The molecule has 1 aliphatic heterocycles. The summed E-state index contributed by atoms with van der Waals surface area (Å²) in [4.78, 5) is 16.7. The van der Waals surface area contributed by atoms with Gasteiger partial charge in [-0.3, -0.25) is 0 Å². The number of ether oxygens (including phenoxy) is 4. The van der Waals surface area contributed by atoms with Gasteiger partial charge in [-0.15, -0.1) is 0 Å². The molecule has 3 rings (SSSR count). The van der Waals surface area contributed by atoms with Crippen LogP contribution in [0.15, 0.2) is 47.1 Å². The lowest BCUT2D eigenvalue weighted by Crippen LogP contribution is -2.11. The van der Waals surface area contributed by atoms with Crippen molar-refractivity contribution in [3.63, 3.8) is 0 Å². The lowest BCUT2D eigenvalue weighted by atomic mass is 9.87. The van der Waals surface area contributed by atoms with Gasteiger partial charge in [0.05, 0.1) is 21.3 Å². The van der Waals surface area contributed by atoms with Gasteiger partial charge < -0.3 is 18.9 Å². The first-order valence-corrected chi connectivity index (χ1v) is 9.20. The molecule has 1 aliphatic rings. The quantitative estimate of drug-likeness (QED) is 0.556. The van der Waals surface area contributed by atoms with Crippen molar-refractivity contribution in [2.24, 2.45) is 4.99 Å². The maximum Gasteiger partial charge on any atom is 0.363 e. The molecule has 0 aromatic heterocycles. The third-order valence-corrected chi connectivity index (χ3v) is 4.65. The van der Waals surface area contributed by atoms with Crippen LogP contribution in [0.25, 0.3) is 6.08 Å². The van der Waals surface area contributed by atoms with Gasteiger partial charge in [-0.05, 0) is 35.3 Å². The number of methoxy groups -OCH3 is 3. The number of esters is 1. The highest BCUT2D eigenvalue weighted by Crippen LogP contribution is 2.36. The van der Waals surface area contributed by atoms with E-state index in [1.165, 1.54) is 5.56 Å². The van der Waals surface area contributed by atoms with E-state index in [4.69, 9.17) is 18.9 Å². The van der Waals surface area contributed by atoms with Gasteiger partial charge in [0.2, 0.25) is 5.90 Å². The highest BCUT2D eigenvalue weighted by atomic mass is 16.6. The molecule has 2 aromatic carbocycles. The second-order valence-corrected chi connectivity index (χ2v) is 7.61. The molecule has 0 unspecified atom stereocenters. The van der Waals surface area contributed by atoms with Crippen LogP contribution in [-0.4, -0.2) is 33.2 Å². The van der Waals surface area contributed by atoms with Gasteiger partial charge in [0.1, 0.15) is 5.75 Å². The van der Waals surface area contributed by atoms with Crippen molar-refractivity contribution in [3.8, 4) is 17.2 Å². The molecule has 6 heteroatoms. The molecule has 0 fully saturated rings. The molecule has 0 spiro atoms. The summed E-state index contributed by atoms with van der Waals surface area (Å²) in [7, 11) is 4.63. The molecule has 0 saturated heterocycles. The summed E-state index contributed by atoms with van der Waals surface area (Å²) in [6.07, 6.45) is 1.61. The molecule has 0 N–H and O–H groups in total. The van der Waals surface area contributed by atoms with Gasteiger partial charge in [0, 0.05) is 17.2 Å². The van der Waals surface area contributed by atoms with Gasteiger partial charge >= 0.3 is 5.97 Å². The van der Waals surface area contributed by atoms with E-state index in [9.17, 15) is 4.79 Å². The number of aliphatic imine (C=N–C) groups is 1. The minimum atomic E-state index is -0.517. The first-order chi connectivity index (χ1) is 13.8. The fourth-order valence-electron chi connectivity index (χ4n) is 2.96. The van der Waals surface area contributed by atoms with Crippen molar-refractivity contribution in [2.75, 3.05) is 21.3 Å². The van der Waals surface area contributed by atoms with Crippen LogP contribution in [0, 0.1) is 0 Å². The van der Waals surface area contributed by atoms with E-state index in [2.05, 4.69) is 25.8 Å². The third-order valence-electron chi connectivity index (χ3n) is 4.65. The Kier molecular flexibility index (Phi) is 5.64. The average Bonchev–Trinajstić information content (AvgIpc) is 3.07. The number of hydrogen-bond acceptors (Lipinski definition) is 6. The van der Waals surface area contributed by atoms with E-state index in [1.54, 1.807) is 39.5 Å². The number of carbonyl (C=O) groups excluding carboxylic acids is 1. The van der Waals surface area contributed by atoms with Crippen molar-refractivity contribution in [1.82, 2.24) is 0 Å². The summed E-state index contributed by atoms with van der Waals surface area (Å²) in [5.41, 5.74) is 2.79. The number of benzene rings is 2. The Labute approximate surface area is 170 Å². The molecule has 152 valence electrons. The minimum Gasteiger partial charge on any atom is -0.496 e. The molecule has 0 aliphatic carbocycles. The topological polar surface area (TPSA) is 66.3 Å². The van der Waals surface area contributed by atoms with E-state index < -0.39 is 5.97 Å². The fraction of sp³-hybridized carbons (Fsp3) is 0.304. The summed E-state index contributed by atoms with van der Waals surface area (Å²) in [5, 5.41) is 0. The lowest BCUT2D eigenvalue weighted by Gasteiger charge is -2.18. The van der Waals surface area contributed by atoms with E-state index >= 15 is 0 Å². The largest absolute Gasteiger partial charge is 0.496 e. The van der Waals surface area contributed by atoms with Crippen LogP contribution in [0.4, 0.5) is 0 Å². The van der Waals surface area contributed by atoms with Crippen molar-refractivity contribution < 1.29 is 23.7 Å². The lowest BCUT2D eigenvalue weighted by molar-refractivity contribution is -0.129. The first-order valence-electron chi connectivity index (χ1n) is 9.20. The molecule has 0 amide bonds. The monoisotopic (exact) mass is 395 g/mol. The number of carbonyl (C=O) groups is 1. The van der Waals surface area contributed by atoms with Crippen molar-refractivity contribution in [3.05, 3.63) is 58.8 Å². The van der Waals surface area contributed by atoms with E-state index in [1.807, 2.05) is 24.3 Å². The molecule has 6 nitrogen and oxygen atoms in total. The van der Waals surface area contributed by atoms with Crippen LogP contribution >= 0.6 is 0 Å². The summed E-state index contributed by atoms with van der Waals surface area (Å²) < 4.78 is 21.4. The Bertz CT molecular complexity index is 982. The molecule has 0 atom stereocenters. The van der Waals surface area contributed by atoms with Gasteiger partial charge in [-0.25, -0.2) is 9.79 Å². The fourth-order valence-corrected chi connectivity index (χ4v) is 2.96. The molecule has 1 heterocycles. The van der Waals surface area contributed by atoms with Crippen LogP contribution < -0.4 is 14.2 Å². The summed E-state index contributed by atoms with van der Waals surface area (Å²) in [5.74, 6) is 1.34. The number of cyclic esters (lactones) is 1. The molecular formula is C23H25NO5. The minimum absolute atomic E-state index is 0.0434. The number of rotatable bonds is 5. The normalized spacial score (nSPS) is 15.2. The van der Waals surface area contributed by atoms with Crippen LogP contribution in [0.3, 0.4) is 0 Å². The highest BCUT2D eigenvalue weighted by Gasteiger charge is 2.25. The van der Waals surface area contributed by atoms with Gasteiger partial charge in [0.25, 0.3) is 0 Å². The van der Waals surface area contributed by atoms with Crippen molar-refractivity contribution in [2.45, 2.75) is 26.2 Å². The van der Waals surface area contributed by atoms with Crippen LogP contribution in [0.5, 0.6) is 17.2 Å². The van der Waals surface area contributed by atoms with Gasteiger partial charge in [-0.1, -0.05) is 32.9 Å². The zero-order chi connectivity index (χ0) is 21.2. The maximum atomic E-state index is 12.4. The van der Waals surface area contributed by atoms with E-state index in [0.717, 1.165) is 5.56 Å². The zero-order valence-electron chi connectivity index (χ0n) is 17.5. The Morgan fingerprint density at radius 2 is 1.48 bits per heavy atom. The number of hydrogen-bond donors (Lipinski definition) is 0. The zero-order valence-corrected chi connectivity index (χ0v) is 17.5. The Morgan fingerprint density at radius 1 is 0.897 bits per heavy atom. The predicted octanol–water partition coefficient (Wildman–Crippen LogP) is 4.35. The van der Waals surface area contributed by atoms with Crippen LogP contribution in [0.1, 0.15) is 37.5 Å². The van der Waals surface area contributed by atoms with Gasteiger partial charge in [0.15, 0.2) is 17.2 Å². The first kappa shape index (κ1) is 20.5. The SMILES string of the molecule is COc1cc(OC)c(OC)cc1C=C1N=C(c2ccc(C(C)(C)C)cc2)OC1=O. The number of nitrogens with zero attached hydrogens (tertiary/aromatic N) is 1. The molecular weight excluding hydrogens is 370 g/mol. The van der Waals surface area contributed by atoms with E-state index in [0.29, 0.717) is 22.8 Å². The second-order valence-electron chi connectivity index (χ2n) is 7.61. The maximum absolute atomic E-state index is 12.4. The van der Waals surface area contributed by atoms with Crippen LogP contribution in [-0.2, 0) is 14.9 Å². The second kappa shape index (κ2) is 7.99. The summed E-state index contributed by atoms with van der Waals surface area (Å²) in [6.45, 7) is 6.44. The van der Waals surface area contributed by atoms with Gasteiger partial charge in [-0.2, -0.15) is 0 Å². The predicted molar refractivity (Wildman–Crippen MR) is 112 cm³/mol. The molecule has 0 saturated carbocycles. The summed E-state index contributed by atoms with van der Waals surface area (Å²) >= 11 is 0. The van der Waals surface area contributed by atoms with E-state index in [-0.39, 0.29) is 17.0 Å². The Balaban J connectivity index is 1.97. The average molecular weight is 395 g/mol. The standard InChI is InChI=1S/C23H25NO5/c1-23(2,3)16-9-7-14(8-10-16)21-24-17(22(25)29-21)11-15-12-19(27-5)20(28-6)13-18(15)26-4/h7-13H,1-6H3. The summed E-state index contributed by atoms with van der Waals surface area (Å²) in [6, 6.07) is 11.3. The molecule has 0 bridgehead atoms. The Hall–Kier alpha value is -3.28. The Morgan fingerprint density at radius 3 is 2.03 bits per heavy atom. The molecule has 0 radical (unpaired) electrons. The van der Waals surface area contributed by atoms with Crippen LogP contribution in [0.2, 0.25) is 0 Å². The van der Waals surface area contributed by atoms with Crippen molar-refractivity contribution in [1.29, 1.82) is 0 Å². The molecule has 2 aromatic rings. The smallest absolute Gasteiger partial charge is 0.363 e. The van der Waals surface area contributed by atoms with Crippen molar-refractivity contribution >= 4 is 17.9 Å². The third kappa shape index (κ3) is 4.26.